The number of hydrogen-bond acceptors (Lipinski definition) is 3. The van der Waals surface area contributed by atoms with E-state index in [9.17, 15) is 0 Å². The fraction of sp³-hybridized carbons (Fsp3) is 0.750. The summed E-state index contributed by atoms with van der Waals surface area (Å²) in [6.07, 6.45) is 2.73. The summed E-state index contributed by atoms with van der Waals surface area (Å²) in [6.45, 7) is 7.22. The van der Waals surface area contributed by atoms with Gasteiger partial charge < -0.3 is 10.1 Å². The van der Waals surface area contributed by atoms with Crippen LogP contribution in [0.4, 0.5) is 0 Å². The minimum Gasteiger partial charge on any atom is -0.379 e. The van der Waals surface area contributed by atoms with Crippen molar-refractivity contribution >= 4 is 15.9 Å². The molecule has 0 fully saturated rings. The van der Waals surface area contributed by atoms with Crippen LogP contribution in [0.15, 0.2) is 10.7 Å². The number of nitrogens with zero attached hydrogens (tertiary/aromatic N) is 2. The first kappa shape index (κ1) is 14.7. The standard InChI is InChI=1S/C12H22BrN3O/c1-6-14-10(7-12(2,3)17-5)11-9(13)8-15-16(11)4/h8,10,14H,6-7H2,1-5H3. The molecule has 5 heteroatoms. The molecule has 0 aliphatic heterocycles. The number of rotatable bonds is 6. The first-order chi connectivity index (χ1) is 7.91. The summed E-state index contributed by atoms with van der Waals surface area (Å²) in [7, 11) is 3.71. The zero-order chi connectivity index (χ0) is 13.1. The summed E-state index contributed by atoms with van der Waals surface area (Å²) in [6, 6.07) is 0.233. The maximum Gasteiger partial charge on any atom is 0.0693 e. The normalized spacial score (nSPS) is 14.0. The van der Waals surface area contributed by atoms with Crippen LogP contribution in [0.2, 0.25) is 0 Å². The third-order valence-corrected chi connectivity index (χ3v) is 3.58. The summed E-state index contributed by atoms with van der Waals surface area (Å²) in [5, 5.41) is 7.75. The number of hydrogen-bond donors (Lipinski definition) is 1. The SMILES string of the molecule is CCNC(CC(C)(C)OC)c1c(Br)cnn1C. The van der Waals surface area contributed by atoms with Crippen molar-refractivity contribution in [1.29, 1.82) is 0 Å². The Bertz CT molecular complexity index is 343. The fourth-order valence-electron chi connectivity index (χ4n) is 1.90. The largest absolute Gasteiger partial charge is 0.379 e. The molecule has 4 nitrogen and oxygen atoms in total. The van der Waals surface area contributed by atoms with Gasteiger partial charge in [0.15, 0.2) is 0 Å². The van der Waals surface area contributed by atoms with Gasteiger partial charge in [-0.25, -0.2) is 0 Å². The highest BCUT2D eigenvalue weighted by Gasteiger charge is 2.26. The molecule has 0 aliphatic rings. The van der Waals surface area contributed by atoms with Crippen molar-refractivity contribution in [2.75, 3.05) is 13.7 Å². The van der Waals surface area contributed by atoms with E-state index >= 15 is 0 Å². The van der Waals surface area contributed by atoms with Gasteiger partial charge in [0.05, 0.1) is 28.0 Å². The molecule has 1 N–H and O–H groups in total. The Kier molecular flexibility index (Phi) is 5.16. The lowest BCUT2D eigenvalue weighted by molar-refractivity contribution is 0.00628. The average molecular weight is 304 g/mol. The van der Waals surface area contributed by atoms with E-state index in [1.165, 1.54) is 0 Å². The van der Waals surface area contributed by atoms with E-state index in [1.54, 1.807) is 7.11 Å². The van der Waals surface area contributed by atoms with E-state index < -0.39 is 0 Å². The monoisotopic (exact) mass is 303 g/mol. The highest BCUT2D eigenvalue weighted by atomic mass is 79.9. The van der Waals surface area contributed by atoms with Crippen LogP contribution in [0.5, 0.6) is 0 Å². The molecule has 1 rings (SSSR count). The number of aromatic nitrogens is 2. The summed E-state index contributed by atoms with van der Waals surface area (Å²) in [5.41, 5.74) is 1.01. The minimum absolute atomic E-state index is 0.156. The van der Waals surface area contributed by atoms with Gasteiger partial charge in [0.25, 0.3) is 0 Å². The summed E-state index contributed by atoms with van der Waals surface area (Å²) in [4.78, 5) is 0. The molecule has 1 heterocycles. The quantitative estimate of drug-likeness (QED) is 0.878. The number of aryl methyl sites for hydroxylation is 1. The van der Waals surface area contributed by atoms with Crippen molar-refractivity contribution < 1.29 is 4.74 Å². The van der Waals surface area contributed by atoms with E-state index in [0.717, 1.165) is 23.1 Å². The third kappa shape index (κ3) is 3.79. The molecule has 1 aromatic heterocycles. The van der Waals surface area contributed by atoms with Crippen molar-refractivity contribution in [3.63, 3.8) is 0 Å². The van der Waals surface area contributed by atoms with Crippen LogP contribution >= 0.6 is 15.9 Å². The highest BCUT2D eigenvalue weighted by molar-refractivity contribution is 9.10. The van der Waals surface area contributed by atoms with Crippen LogP contribution in [-0.4, -0.2) is 29.0 Å². The van der Waals surface area contributed by atoms with E-state index in [-0.39, 0.29) is 11.6 Å². The smallest absolute Gasteiger partial charge is 0.0693 e. The topological polar surface area (TPSA) is 39.1 Å². The summed E-state index contributed by atoms with van der Waals surface area (Å²) in [5.74, 6) is 0. The van der Waals surface area contributed by atoms with Gasteiger partial charge in [-0.05, 0) is 42.7 Å². The van der Waals surface area contributed by atoms with Crippen molar-refractivity contribution in [3.05, 3.63) is 16.4 Å². The second-order valence-corrected chi connectivity index (χ2v) is 5.63. The molecule has 0 saturated carbocycles. The molecule has 0 saturated heterocycles. The second-order valence-electron chi connectivity index (χ2n) is 4.78. The molecule has 0 spiro atoms. The van der Waals surface area contributed by atoms with Gasteiger partial charge >= 0.3 is 0 Å². The van der Waals surface area contributed by atoms with Crippen LogP contribution in [-0.2, 0) is 11.8 Å². The Balaban J connectivity index is 2.94. The first-order valence-corrected chi connectivity index (χ1v) is 6.66. The van der Waals surface area contributed by atoms with Gasteiger partial charge in [-0.15, -0.1) is 0 Å². The van der Waals surface area contributed by atoms with Crippen LogP contribution in [0.3, 0.4) is 0 Å². The van der Waals surface area contributed by atoms with Crippen molar-refractivity contribution in [2.45, 2.75) is 38.8 Å². The third-order valence-electron chi connectivity index (χ3n) is 2.97. The predicted molar refractivity (Wildman–Crippen MR) is 73.0 cm³/mol. The summed E-state index contributed by atoms with van der Waals surface area (Å²) >= 11 is 3.55. The Morgan fingerprint density at radius 1 is 1.59 bits per heavy atom. The average Bonchev–Trinajstić information content (AvgIpc) is 2.58. The fourth-order valence-corrected chi connectivity index (χ4v) is 2.52. The van der Waals surface area contributed by atoms with E-state index in [2.05, 4.69) is 47.1 Å². The molecule has 17 heavy (non-hydrogen) atoms. The van der Waals surface area contributed by atoms with Gasteiger partial charge in [0, 0.05) is 14.2 Å². The number of methoxy groups -OCH3 is 1. The van der Waals surface area contributed by atoms with Gasteiger partial charge in [-0.1, -0.05) is 6.92 Å². The lowest BCUT2D eigenvalue weighted by Crippen LogP contribution is -2.33. The number of halogens is 1. The molecule has 0 aromatic carbocycles. The Morgan fingerprint density at radius 3 is 2.65 bits per heavy atom. The molecule has 98 valence electrons. The highest BCUT2D eigenvalue weighted by Crippen LogP contribution is 2.30. The van der Waals surface area contributed by atoms with E-state index in [0.29, 0.717) is 0 Å². The molecule has 0 bridgehead atoms. The molecular weight excluding hydrogens is 282 g/mol. The molecular formula is C12H22BrN3O. The Labute approximate surface area is 112 Å². The molecule has 0 radical (unpaired) electrons. The van der Waals surface area contributed by atoms with Crippen LogP contribution < -0.4 is 5.32 Å². The van der Waals surface area contributed by atoms with Gasteiger partial charge in [-0.2, -0.15) is 5.10 Å². The van der Waals surface area contributed by atoms with E-state index in [1.807, 2.05) is 17.9 Å². The maximum absolute atomic E-state index is 5.51. The Hall–Kier alpha value is -0.390. The predicted octanol–water partition coefficient (Wildman–Crippen LogP) is 2.65. The van der Waals surface area contributed by atoms with Crippen molar-refractivity contribution in [1.82, 2.24) is 15.1 Å². The van der Waals surface area contributed by atoms with Crippen LogP contribution in [0.1, 0.15) is 38.9 Å². The van der Waals surface area contributed by atoms with Gasteiger partial charge in [0.1, 0.15) is 0 Å². The lowest BCUT2D eigenvalue weighted by atomic mass is 9.96. The molecule has 1 atom stereocenters. The minimum atomic E-state index is -0.156. The molecule has 0 amide bonds. The van der Waals surface area contributed by atoms with Crippen LogP contribution in [0.25, 0.3) is 0 Å². The Morgan fingerprint density at radius 2 is 2.24 bits per heavy atom. The van der Waals surface area contributed by atoms with Crippen molar-refractivity contribution in [3.8, 4) is 0 Å². The van der Waals surface area contributed by atoms with Crippen LogP contribution in [0, 0.1) is 0 Å². The van der Waals surface area contributed by atoms with Gasteiger partial charge in [0.2, 0.25) is 0 Å². The molecule has 1 aromatic rings. The zero-order valence-corrected chi connectivity index (χ0v) is 12.8. The lowest BCUT2D eigenvalue weighted by Gasteiger charge is -2.29. The van der Waals surface area contributed by atoms with Gasteiger partial charge in [-0.3, -0.25) is 4.68 Å². The molecule has 0 aliphatic carbocycles. The zero-order valence-electron chi connectivity index (χ0n) is 11.2. The van der Waals surface area contributed by atoms with E-state index in [4.69, 9.17) is 4.74 Å². The summed E-state index contributed by atoms with van der Waals surface area (Å²) < 4.78 is 8.45. The second kappa shape index (κ2) is 5.98. The number of ether oxygens (including phenoxy) is 1. The number of nitrogens with one attached hydrogen (secondary N) is 1. The first-order valence-electron chi connectivity index (χ1n) is 5.87. The van der Waals surface area contributed by atoms with Crippen molar-refractivity contribution in [2.24, 2.45) is 7.05 Å². The molecule has 1 unspecified atom stereocenters. The maximum atomic E-state index is 5.51.